The highest BCUT2D eigenvalue weighted by Gasteiger charge is 2.21. The Labute approximate surface area is 125 Å². The van der Waals surface area contributed by atoms with Crippen molar-refractivity contribution in [3.8, 4) is 0 Å². The molecule has 0 spiro atoms. The normalized spacial score (nSPS) is 18.7. The van der Waals surface area contributed by atoms with Gasteiger partial charge in [0.15, 0.2) is 0 Å². The Kier molecular flexibility index (Phi) is 4.51. The van der Waals surface area contributed by atoms with Crippen molar-refractivity contribution in [1.29, 1.82) is 0 Å². The largest absolute Gasteiger partial charge is 0.368 e. The summed E-state index contributed by atoms with van der Waals surface area (Å²) in [4.78, 5) is 2.15. The second-order valence-corrected chi connectivity index (χ2v) is 5.60. The van der Waals surface area contributed by atoms with Crippen molar-refractivity contribution in [3.05, 3.63) is 66.0 Å². The number of rotatable bonds is 4. The Morgan fingerprint density at radius 1 is 1.05 bits per heavy atom. The third-order valence-electron chi connectivity index (χ3n) is 4.05. The van der Waals surface area contributed by atoms with Gasteiger partial charge in [0, 0.05) is 25.7 Å². The van der Waals surface area contributed by atoms with Crippen LogP contribution in [0.4, 0.5) is 10.1 Å². The Morgan fingerprint density at radius 3 is 2.62 bits per heavy atom. The van der Waals surface area contributed by atoms with Gasteiger partial charge in [0.1, 0.15) is 5.82 Å². The SMILES string of the molecule is Fc1ccccc1N1CCCC(NCc2ccccc2)C1. The Morgan fingerprint density at radius 2 is 1.81 bits per heavy atom. The lowest BCUT2D eigenvalue weighted by Crippen LogP contribution is -2.45. The summed E-state index contributed by atoms with van der Waals surface area (Å²) in [7, 11) is 0. The van der Waals surface area contributed by atoms with Crippen LogP contribution >= 0.6 is 0 Å². The van der Waals surface area contributed by atoms with Gasteiger partial charge in [-0.3, -0.25) is 0 Å². The number of benzene rings is 2. The summed E-state index contributed by atoms with van der Waals surface area (Å²) in [5.74, 6) is -0.124. The number of halogens is 1. The molecule has 2 nitrogen and oxygen atoms in total. The molecule has 0 aliphatic carbocycles. The molecule has 1 heterocycles. The highest BCUT2D eigenvalue weighted by atomic mass is 19.1. The van der Waals surface area contributed by atoms with E-state index < -0.39 is 0 Å². The molecule has 1 fully saturated rings. The lowest BCUT2D eigenvalue weighted by Gasteiger charge is -2.35. The van der Waals surface area contributed by atoms with Crippen molar-refractivity contribution in [3.63, 3.8) is 0 Å². The molecule has 1 aliphatic rings. The first-order valence-electron chi connectivity index (χ1n) is 7.60. The summed E-state index contributed by atoms with van der Waals surface area (Å²) >= 11 is 0. The molecule has 1 saturated heterocycles. The smallest absolute Gasteiger partial charge is 0.146 e. The predicted molar refractivity (Wildman–Crippen MR) is 84.9 cm³/mol. The van der Waals surface area contributed by atoms with Gasteiger partial charge in [0.05, 0.1) is 5.69 Å². The average molecular weight is 284 g/mol. The molecule has 0 saturated carbocycles. The van der Waals surface area contributed by atoms with E-state index in [0.29, 0.717) is 6.04 Å². The molecule has 110 valence electrons. The molecular weight excluding hydrogens is 263 g/mol. The van der Waals surface area contributed by atoms with Crippen molar-refractivity contribution >= 4 is 5.69 Å². The Balaban J connectivity index is 1.60. The number of hydrogen-bond donors (Lipinski definition) is 1. The van der Waals surface area contributed by atoms with E-state index in [9.17, 15) is 4.39 Å². The first kappa shape index (κ1) is 14.1. The van der Waals surface area contributed by atoms with E-state index in [1.165, 1.54) is 11.6 Å². The number of para-hydroxylation sites is 1. The topological polar surface area (TPSA) is 15.3 Å². The molecule has 1 aliphatic heterocycles. The van der Waals surface area contributed by atoms with Crippen LogP contribution in [0.1, 0.15) is 18.4 Å². The average Bonchev–Trinajstić information content (AvgIpc) is 2.55. The Bertz CT molecular complexity index is 570. The molecule has 2 aromatic rings. The van der Waals surface area contributed by atoms with Crippen LogP contribution in [0.25, 0.3) is 0 Å². The third-order valence-corrected chi connectivity index (χ3v) is 4.05. The fourth-order valence-electron chi connectivity index (χ4n) is 2.93. The van der Waals surface area contributed by atoms with E-state index >= 15 is 0 Å². The lowest BCUT2D eigenvalue weighted by atomic mass is 10.0. The van der Waals surface area contributed by atoms with Gasteiger partial charge in [0.25, 0.3) is 0 Å². The first-order chi connectivity index (χ1) is 10.3. The van der Waals surface area contributed by atoms with Crippen molar-refractivity contribution in [2.75, 3.05) is 18.0 Å². The molecule has 0 amide bonds. The maximum Gasteiger partial charge on any atom is 0.146 e. The van der Waals surface area contributed by atoms with Gasteiger partial charge < -0.3 is 10.2 Å². The van der Waals surface area contributed by atoms with Crippen molar-refractivity contribution in [1.82, 2.24) is 5.32 Å². The second kappa shape index (κ2) is 6.72. The van der Waals surface area contributed by atoms with Gasteiger partial charge in [-0.25, -0.2) is 4.39 Å². The lowest BCUT2D eigenvalue weighted by molar-refractivity contribution is 0.418. The summed E-state index contributed by atoms with van der Waals surface area (Å²) in [6, 6.07) is 17.9. The molecule has 0 aromatic heterocycles. The number of hydrogen-bond acceptors (Lipinski definition) is 2. The molecule has 1 atom stereocenters. The van der Waals surface area contributed by atoms with Gasteiger partial charge in [-0.15, -0.1) is 0 Å². The van der Waals surface area contributed by atoms with Gasteiger partial charge in [-0.05, 0) is 30.5 Å². The van der Waals surface area contributed by atoms with Crippen LogP contribution in [-0.2, 0) is 6.54 Å². The van der Waals surface area contributed by atoms with Crippen LogP contribution in [-0.4, -0.2) is 19.1 Å². The van der Waals surface area contributed by atoms with Gasteiger partial charge in [-0.1, -0.05) is 42.5 Å². The van der Waals surface area contributed by atoms with Gasteiger partial charge in [0.2, 0.25) is 0 Å². The molecular formula is C18H21FN2. The summed E-state index contributed by atoms with van der Waals surface area (Å²) in [6.07, 6.45) is 2.25. The second-order valence-electron chi connectivity index (χ2n) is 5.60. The van der Waals surface area contributed by atoms with Crippen molar-refractivity contribution in [2.24, 2.45) is 0 Å². The number of piperidine rings is 1. The van der Waals surface area contributed by atoms with Crippen LogP contribution in [0.15, 0.2) is 54.6 Å². The predicted octanol–water partition coefficient (Wildman–Crippen LogP) is 3.58. The molecule has 21 heavy (non-hydrogen) atoms. The van der Waals surface area contributed by atoms with E-state index in [1.807, 2.05) is 18.2 Å². The van der Waals surface area contributed by atoms with E-state index in [4.69, 9.17) is 0 Å². The van der Waals surface area contributed by atoms with Crippen molar-refractivity contribution in [2.45, 2.75) is 25.4 Å². The molecule has 3 heteroatoms. The van der Waals surface area contributed by atoms with Crippen LogP contribution in [0.5, 0.6) is 0 Å². The van der Waals surface area contributed by atoms with Crippen LogP contribution in [0.3, 0.4) is 0 Å². The standard InChI is InChI=1S/C18H21FN2/c19-17-10-4-5-11-18(17)21-12-6-9-16(14-21)20-13-15-7-2-1-3-8-15/h1-5,7-8,10-11,16,20H,6,9,12-14H2. The summed E-state index contributed by atoms with van der Waals surface area (Å²) in [6.45, 7) is 2.68. The number of nitrogens with one attached hydrogen (secondary N) is 1. The highest BCUT2D eigenvalue weighted by molar-refractivity contribution is 5.48. The third kappa shape index (κ3) is 3.61. The minimum absolute atomic E-state index is 0.124. The minimum Gasteiger partial charge on any atom is -0.368 e. The van der Waals surface area contributed by atoms with E-state index in [2.05, 4.69) is 34.5 Å². The first-order valence-corrected chi connectivity index (χ1v) is 7.60. The number of anilines is 1. The molecule has 1 N–H and O–H groups in total. The van der Waals surface area contributed by atoms with Crippen LogP contribution in [0.2, 0.25) is 0 Å². The Hall–Kier alpha value is -1.87. The molecule has 0 radical (unpaired) electrons. The van der Waals surface area contributed by atoms with E-state index in [1.54, 1.807) is 6.07 Å². The van der Waals surface area contributed by atoms with E-state index in [0.717, 1.165) is 38.2 Å². The summed E-state index contributed by atoms with van der Waals surface area (Å²) in [5.41, 5.74) is 2.02. The quantitative estimate of drug-likeness (QED) is 0.923. The molecule has 0 bridgehead atoms. The zero-order chi connectivity index (χ0) is 14.5. The zero-order valence-electron chi connectivity index (χ0n) is 12.1. The van der Waals surface area contributed by atoms with Crippen molar-refractivity contribution < 1.29 is 4.39 Å². The molecule has 1 unspecified atom stereocenters. The van der Waals surface area contributed by atoms with Gasteiger partial charge >= 0.3 is 0 Å². The monoisotopic (exact) mass is 284 g/mol. The maximum atomic E-state index is 13.9. The fraction of sp³-hybridized carbons (Fsp3) is 0.333. The highest BCUT2D eigenvalue weighted by Crippen LogP contribution is 2.23. The minimum atomic E-state index is -0.124. The summed E-state index contributed by atoms with van der Waals surface area (Å²) < 4.78 is 13.9. The zero-order valence-corrected chi connectivity index (χ0v) is 12.1. The number of nitrogens with zero attached hydrogens (tertiary/aromatic N) is 1. The maximum absolute atomic E-state index is 13.9. The van der Waals surface area contributed by atoms with Crippen LogP contribution in [0, 0.1) is 5.82 Å². The van der Waals surface area contributed by atoms with E-state index in [-0.39, 0.29) is 5.82 Å². The molecule has 2 aromatic carbocycles. The van der Waals surface area contributed by atoms with Gasteiger partial charge in [-0.2, -0.15) is 0 Å². The molecule has 3 rings (SSSR count). The summed E-state index contributed by atoms with van der Waals surface area (Å²) in [5, 5.41) is 3.59. The fourth-order valence-corrected chi connectivity index (χ4v) is 2.93. The van der Waals surface area contributed by atoms with Crippen LogP contribution < -0.4 is 10.2 Å².